The third-order valence-electron chi connectivity index (χ3n) is 3.96. The molecular formula is C15H25N3O. The average molecular weight is 263 g/mol. The fraction of sp³-hybridized carbons (Fsp3) is 0.667. The number of ether oxygens (including phenoxy) is 1. The number of aryl methyl sites for hydroxylation is 1. The summed E-state index contributed by atoms with van der Waals surface area (Å²) in [5.41, 5.74) is 3.34. The zero-order valence-corrected chi connectivity index (χ0v) is 12.5. The van der Waals surface area contributed by atoms with Gasteiger partial charge in [0.05, 0.1) is 12.8 Å². The predicted octanol–water partition coefficient (Wildman–Crippen LogP) is 1.75. The lowest BCUT2D eigenvalue weighted by Crippen LogP contribution is -2.25. The quantitative estimate of drug-likeness (QED) is 0.878. The zero-order chi connectivity index (χ0) is 13.8. The normalized spacial score (nSPS) is 19.9. The minimum atomic E-state index is 0.776. The number of methoxy groups -OCH3 is 1. The smallest absolute Gasteiger partial charge is 0.128 e. The molecule has 1 N–H and O–H groups in total. The summed E-state index contributed by atoms with van der Waals surface area (Å²) < 4.78 is 5.44. The van der Waals surface area contributed by atoms with E-state index in [9.17, 15) is 0 Å². The summed E-state index contributed by atoms with van der Waals surface area (Å²) in [6, 6.07) is 0. The minimum Gasteiger partial charge on any atom is -0.496 e. The maximum Gasteiger partial charge on any atom is 0.128 e. The van der Waals surface area contributed by atoms with Crippen molar-refractivity contribution in [2.45, 2.75) is 26.8 Å². The van der Waals surface area contributed by atoms with Gasteiger partial charge in [-0.2, -0.15) is 0 Å². The highest BCUT2D eigenvalue weighted by Crippen LogP contribution is 2.23. The third kappa shape index (κ3) is 3.45. The Morgan fingerprint density at radius 1 is 1.47 bits per heavy atom. The first-order chi connectivity index (χ1) is 9.11. The van der Waals surface area contributed by atoms with Crippen LogP contribution in [0.4, 0.5) is 0 Å². The molecule has 0 amide bonds. The molecule has 4 heteroatoms. The van der Waals surface area contributed by atoms with Gasteiger partial charge in [-0.15, -0.1) is 0 Å². The van der Waals surface area contributed by atoms with Gasteiger partial charge < -0.3 is 15.0 Å². The Kier molecular flexibility index (Phi) is 4.77. The van der Waals surface area contributed by atoms with Crippen molar-refractivity contribution in [1.29, 1.82) is 0 Å². The Labute approximate surface area is 116 Å². The molecule has 1 fully saturated rings. The van der Waals surface area contributed by atoms with Crippen molar-refractivity contribution in [2.75, 3.05) is 33.8 Å². The Hall–Kier alpha value is -1.13. The minimum absolute atomic E-state index is 0.776. The van der Waals surface area contributed by atoms with E-state index in [-0.39, 0.29) is 0 Å². The number of hydrogen-bond donors (Lipinski definition) is 1. The van der Waals surface area contributed by atoms with Gasteiger partial charge in [-0.05, 0) is 46.3 Å². The van der Waals surface area contributed by atoms with E-state index in [1.54, 1.807) is 7.11 Å². The van der Waals surface area contributed by atoms with Crippen LogP contribution in [0.15, 0.2) is 6.20 Å². The molecule has 2 heterocycles. The van der Waals surface area contributed by atoms with E-state index in [2.05, 4.69) is 29.2 Å². The van der Waals surface area contributed by atoms with Crippen LogP contribution in [0.25, 0.3) is 0 Å². The van der Waals surface area contributed by atoms with E-state index < -0.39 is 0 Å². The number of likely N-dealkylation sites (tertiary alicyclic amines) is 1. The van der Waals surface area contributed by atoms with E-state index in [0.29, 0.717) is 0 Å². The SMILES string of the molecule is COc1c(C)cnc(CNCC2CCN(C)C2)c1C. The second kappa shape index (κ2) is 6.35. The summed E-state index contributed by atoms with van der Waals surface area (Å²) in [6.45, 7) is 8.44. The number of hydrogen-bond acceptors (Lipinski definition) is 4. The van der Waals surface area contributed by atoms with Crippen molar-refractivity contribution >= 4 is 0 Å². The first-order valence-corrected chi connectivity index (χ1v) is 7.00. The summed E-state index contributed by atoms with van der Waals surface area (Å²) in [5, 5.41) is 3.53. The van der Waals surface area contributed by atoms with E-state index in [1.807, 2.05) is 13.1 Å². The molecule has 19 heavy (non-hydrogen) atoms. The first kappa shape index (κ1) is 14.3. The van der Waals surface area contributed by atoms with Crippen LogP contribution in [0.5, 0.6) is 5.75 Å². The molecule has 1 atom stereocenters. The molecule has 2 rings (SSSR count). The van der Waals surface area contributed by atoms with Crippen molar-refractivity contribution in [2.24, 2.45) is 5.92 Å². The van der Waals surface area contributed by atoms with Gasteiger partial charge in [0.15, 0.2) is 0 Å². The molecule has 0 radical (unpaired) electrons. The Morgan fingerprint density at radius 3 is 2.89 bits per heavy atom. The van der Waals surface area contributed by atoms with Crippen LogP contribution in [-0.4, -0.2) is 43.7 Å². The lowest BCUT2D eigenvalue weighted by molar-refractivity contribution is 0.387. The highest BCUT2D eigenvalue weighted by molar-refractivity contribution is 5.40. The van der Waals surface area contributed by atoms with E-state index in [4.69, 9.17) is 4.74 Å². The Bertz CT molecular complexity index is 434. The largest absolute Gasteiger partial charge is 0.496 e. The van der Waals surface area contributed by atoms with Gasteiger partial charge in [0.25, 0.3) is 0 Å². The molecule has 0 aromatic carbocycles. The maximum absolute atomic E-state index is 5.44. The summed E-state index contributed by atoms with van der Waals surface area (Å²) in [7, 11) is 3.91. The summed E-state index contributed by atoms with van der Waals surface area (Å²) in [5.74, 6) is 1.74. The molecule has 0 spiro atoms. The lowest BCUT2D eigenvalue weighted by atomic mass is 10.1. The van der Waals surface area contributed by atoms with Gasteiger partial charge in [-0.25, -0.2) is 0 Å². The molecule has 1 aliphatic heterocycles. The van der Waals surface area contributed by atoms with Crippen molar-refractivity contribution in [1.82, 2.24) is 15.2 Å². The van der Waals surface area contributed by atoms with Crippen molar-refractivity contribution < 1.29 is 4.74 Å². The van der Waals surface area contributed by atoms with Gasteiger partial charge in [0.2, 0.25) is 0 Å². The van der Waals surface area contributed by atoms with Gasteiger partial charge in [-0.1, -0.05) is 0 Å². The summed E-state index contributed by atoms with van der Waals surface area (Å²) in [6.07, 6.45) is 3.19. The summed E-state index contributed by atoms with van der Waals surface area (Å²) in [4.78, 5) is 6.91. The lowest BCUT2D eigenvalue weighted by Gasteiger charge is -2.14. The highest BCUT2D eigenvalue weighted by atomic mass is 16.5. The van der Waals surface area contributed by atoms with Crippen molar-refractivity contribution in [3.05, 3.63) is 23.0 Å². The number of rotatable bonds is 5. The third-order valence-corrected chi connectivity index (χ3v) is 3.96. The molecule has 0 aliphatic carbocycles. The number of aromatic nitrogens is 1. The van der Waals surface area contributed by atoms with Crippen LogP contribution in [0.1, 0.15) is 23.2 Å². The van der Waals surface area contributed by atoms with Crippen LogP contribution in [-0.2, 0) is 6.54 Å². The fourth-order valence-corrected chi connectivity index (χ4v) is 2.84. The molecule has 1 unspecified atom stereocenters. The van der Waals surface area contributed by atoms with Gasteiger partial charge in [0.1, 0.15) is 5.75 Å². The molecule has 1 aromatic heterocycles. The van der Waals surface area contributed by atoms with Crippen molar-refractivity contribution in [3.8, 4) is 5.75 Å². The predicted molar refractivity (Wildman–Crippen MR) is 77.6 cm³/mol. The fourth-order valence-electron chi connectivity index (χ4n) is 2.84. The van der Waals surface area contributed by atoms with Crippen LogP contribution in [0.3, 0.4) is 0 Å². The van der Waals surface area contributed by atoms with Gasteiger partial charge in [-0.3, -0.25) is 4.98 Å². The topological polar surface area (TPSA) is 37.4 Å². The highest BCUT2D eigenvalue weighted by Gasteiger charge is 2.19. The molecular weight excluding hydrogens is 238 g/mol. The van der Waals surface area contributed by atoms with Crippen LogP contribution in [0, 0.1) is 19.8 Å². The standard InChI is InChI=1S/C15H25N3O/c1-11-7-17-14(12(2)15(11)19-4)9-16-8-13-5-6-18(3)10-13/h7,13,16H,5-6,8-10H2,1-4H3. The second-order valence-electron chi connectivity index (χ2n) is 5.59. The molecule has 0 bridgehead atoms. The van der Waals surface area contributed by atoms with E-state index in [0.717, 1.165) is 41.6 Å². The Balaban J connectivity index is 1.89. The molecule has 4 nitrogen and oxygen atoms in total. The molecule has 106 valence electrons. The number of pyridine rings is 1. The van der Waals surface area contributed by atoms with Crippen LogP contribution in [0.2, 0.25) is 0 Å². The second-order valence-corrected chi connectivity index (χ2v) is 5.59. The maximum atomic E-state index is 5.44. The average Bonchev–Trinajstić information content (AvgIpc) is 2.79. The molecule has 1 aromatic rings. The van der Waals surface area contributed by atoms with E-state index >= 15 is 0 Å². The van der Waals surface area contributed by atoms with Gasteiger partial charge >= 0.3 is 0 Å². The number of nitrogens with one attached hydrogen (secondary N) is 1. The van der Waals surface area contributed by atoms with Crippen LogP contribution < -0.4 is 10.1 Å². The first-order valence-electron chi connectivity index (χ1n) is 7.00. The zero-order valence-electron chi connectivity index (χ0n) is 12.5. The number of nitrogens with zero attached hydrogens (tertiary/aromatic N) is 2. The summed E-state index contributed by atoms with van der Waals surface area (Å²) >= 11 is 0. The van der Waals surface area contributed by atoms with Crippen LogP contribution >= 0.6 is 0 Å². The molecule has 1 aliphatic rings. The van der Waals surface area contributed by atoms with Crippen molar-refractivity contribution in [3.63, 3.8) is 0 Å². The monoisotopic (exact) mass is 263 g/mol. The van der Waals surface area contributed by atoms with Gasteiger partial charge in [0, 0.05) is 30.4 Å². The molecule has 0 saturated carbocycles. The molecule has 1 saturated heterocycles. The van der Waals surface area contributed by atoms with E-state index in [1.165, 1.54) is 19.5 Å². The Morgan fingerprint density at radius 2 is 2.26 bits per heavy atom.